The third kappa shape index (κ3) is 1.70. The van der Waals surface area contributed by atoms with E-state index in [-0.39, 0.29) is 17.4 Å². The molecule has 5 nitrogen and oxygen atoms in total. The van der Waals surface area contributed by atoms with Crippen molar-refractivity contribution in [1.29, 1.82) is 0 Å². The lowest BCUT2D eigenvalue weighted by atomic mass is 9.64. The summed E-state index contributed by atoms with van der Waals surface area (Å²) in [6.07, 6.45) is 1.14. The molecule has 2 aliphatic carbocycles. The summed E-state index contributed by atoms with van der Waals surface area (Å²) in [5.41, 5.74) is -0.457. The van der Waals surface area contributed by atoms with Gasteiger partial charge in [0, 0.05) is 11.1 Å². The highest BCUT2D eigenvalue weighted by Crippen LogP contribution is 2.69. The number of fused-ring (bicyclic) bond motifs is 2. The van der Waals surface area contributed by atoms with Crippen molar-refractivity contribution in [2.24, 2.45) is 21.4 Å². The van der Waals surface area contributed by atoms with E-state index < -0.39 is 16.2 Å². The van der Waals surface area contributed by atoms with Crippen molar-refractivity contribution in [2.45, 2.75) is 40.5 Å². The maximum atomic E-state index is 13.0. The van der Waals surface area contributed by atoms with E-state index >= 15 is 0 Å². The normalized spacial score (nSPS) is 33.2. The first kappa shape index (κ1) is 15.7. The van der Waals surface area contributed by atoms with Crippen molar-refractivity contribution in [3.63, 3.8) is 0 Å². The van der Waals surface area contributed by atoms with Crippen LogP contribution in [0.3, 0.4) is 0 Å². The van der Waals surface area contributed by atoms with Gasteiger partial charge in [0.05, 0.1) is 0 Å². The molecule has 2 atom stereocenters. The number of benzene rings is 1. The Labute approximate surface area is 135 Å². The van der Waals surface area contributed by atoms with Crippen LogP contribution in [0.5, 0.6) is 0 Å². The van der Waals surface area contributed by atoms with E-state index in [0.717, 1.165) is 5.56 Å². The van der Waals surface area contributed by atoms with Crippen molar-refractivity contribution in [2.75, 3.05) is 5.32 Å². The number of rotatable bonds is 2. The van der Waals surface area contributed by atoms with Crippen LogP contribution in [-0.2, 0) is 9.59 Å². The van der Waals surface area contributed by atoms with Crippen LogP contribution in [0.1, 0.15) is 39.2 Å². The lowest BCUT2D eigenvalue weighted by Crippen LogP contribution is -2.47. The minimum atomic E-state index is -1.17. The quantitative estimate of drug-likeness (QED) is 0.500. The number of amides is 1. The van der Waals surface area contributed by atoms with Crippen LogP contribution in [0.25, 0.3) is 0 Å². The van der Waals surface area contributed by atoms with Crippen LogP contribution in [0, 0.1) is 23.2 Å². The summed E-state index contributed by atoms with van der Waals surface area (Å²) in [7, 11) is 0. The Kier molecular flexibility index (Phi) is 3.19. The second-order valence-corrected chi connectivity index (χ2v) is 7.46. The first-order chi connectivity index (χ1) is 10.7. The van der Waals surface area contributed by atoms with Crippen molar-refractivity contribution >= 4 is 23.1 Å². The first-order valence-corrected chi connectivity index (χ1v) is 7.86. The Hall–Kier alpha value is -2.17. The molecule has 0 aromatic heterocycles. The SMILES string of the molecule is Cc1ccc(NC(=O)C23CCC(C)(C(=NO)C2=O)C3(C)C)cc1. The number of anilines is 1. The van der Waals surface area contributed by atoms with Gasteiger partial charge in [0.2, 0.25) is 5.91 Å². The smallest absolute Gasteiger partial charge is 0.239 e. The maximum absolute atomic E-state index is 13.0. The fraction of sp³-hybridized carbons (Fsp3) is 0.500. The molecule has 2 saturated carbocycles. The van der Waals surface area contributed by atoms with Crippen molar-refractivity contribution in [1.82, 2.24) is 0 Å². The zero-order chi connectivity index (χ0) is 17.0. The van der Waals surface area contributed by atoms with Gasteiger partial charge in [-0.1, -0.05) is 43.6 Å². The summed E-state index contributed by atoms with van der Waals surface area (Å²) >= 11 is 0. The number of hydrogen-bond acceptors (Lipinski definition) is 4. The number of oxime groups is 1. The summed E-state index contributed by atoms with van der Waals surface area (Å²) in [6.45, 7) is 7.73. The molecule has 5 heteroatoms. The Morgan fingerprint density at radius 3 is 2.30 bits per heavy atom. The molecule has 2 aliphatic rings. The lowest BCUT2D eigenvalue weighted by Gasteiger charge is -2.37. The summed E-state index contributed by atoms with van der Waals surface area (Å²) in [5, 5.41) is 15.4. The van der Waals surface area contributed by atoms with Gasteiger partial charge in [-0.05, 0) is 37.3 Å². The van der Waals surface area contributed by atoms with Crippen LogP contribution < -0.4 is 5.32 Å². The first-order valence-electron chi connectivity index (χ1n) is 7.86. The topological polar surface area (TPSA) is 78.8 Å². The van der Waals surface area contributed by atoms with Gasteiger partial charge in [-0.2, -0.15) is 0 Å². The van der Waals surface area contributed by atoms with Gasteiger partial charge in [-0.3, -0.25) is 9.59 Å². The molecule has 2 fully saturated rings. The van der Waals surface area contributed by atoms with Gasteiger partial charge in [0.1, 0.15) is 11.1 Å². The molecular formula is C18H22N2O3. The Morgan fingerprint density at radius 2 is 1.78 bits per heavy atom. The summed E-state index contributed by atoms with van der Waals surface area (Å²) in [5.74, 6) is -0.651. The van der Waals surface area contributed by atoms with Crippen LogP contribution in [0.4, 0.5) is 5.69 Å². The highest BCUT2D eigenvalue weighted by Gasteiger charge is 2.76. The monoisotopic (exact) mass is 314 g/mol. The number of nitrogens with zero attached hydrogens (tertiary/aromatic N) is 1. The molecule has 0 saturated heterocycles. The standard InChI is InChI=1S/C18H22N2O3/c1-11-5-7-12(8-6-11)19-15(22)18-10-9-17(4,16(18,2)3)13(20-23)14(18)21/h5-8,23H,9-10H2,1-4H3,(H,19,22). The van der Waals surface area contributed by atoms with E-state index in [0.29, 0.717) is 18.5 Å². The van der Waals surface area contributed by atoms with Gasteiger partial charge in [0.25, 0.3) is 0 Å². The third-order valence-electron chi connectivity index (χ3n) is 6.37. The van der Waals surface area contributed by atoms with E-state index in [2.05, 4.69) is 10.5 Å². The Balaban J connectivity index is 2.02. The predicted molar refractivity (Wildman–Crippen MR) is 87.6 cm³/mol. The molecule has 0 radical (unpaired) electrons. The zero-order valence-electron chi connectivity index (χ0n) is 13.9. The number of Topliss-reactive ketones (excluding diaryl/α,β-unsaturated/α-hetero) is 1. The average Bonchev–Trinajstić information content (AvgIpc) is 2.77. The van der Waals surface area contributed by atoms with Crippen LogP contribution >= 0.6 is 0 Å². The molecule has 0 heterocycles. The van der Waals surface area contributed by atoms with Gasteiger partial charge in [-0.25, -0.2) is 0 Å². The van der Waals surface area contributed by atoms with E-state index in [1.54, 1.807) is 0 Å². The van der Waals surface area contributed by atoms with Gasteiger partial charge in [-0.15, -0.1) is 0 Å². The summed E-state index contributed by atoms with van der Waals surface area (Å²) < 4.78 is 0. The predicted octanol–water partition coefficient (Wildman–Crippen LogP) is 3.16. The second-order valence-electron chi connectivity index (χ2n) is 7.46. The molecule has 2 N–H and O–H groups in total. The molecule has 23 heavy (non-hydrogen) atoms. The largest absolute Gasteiger partial charge is 0.411 e. The highest BCUT2D eigenvalue weighted by atomic mass is 16.4. The third-order valence-corrected chi connectivity index (χ3v) is 6.37. The molecule has 1 amide bonds. The molecule has 0 spiro atoms. The van der Waals surface area contributed by atoms with E-state index in [9.17, 15) is 14.8 Å². The Bertz CT molecular complexity index is 720. The van der Waals surface area contributed by atoms with Crippen LogP contribution in [0.15, 0.2) is 29.4 Å². The molecule has 2 bridgehead atoms. The lowest BCUT2D eigenvalue weighted by molar-refractivity contribution is -0.140. The van der Waals surface area contributed by atoms with Gasteiger partial charge < -0.3 is 10.5 Å². The zero-order valence-corrected chi connectivity index (χ0v) is 13.9. The number of nitrogens with one attached hydrogen (secondary N) is 1. The molecule has 3 rings (SSSR count). The number of ketones is 1. The van der Waals surface area contributed by atoms with E-state index in [1.165, 1.54) is 0 Å². The highest BCUT2D eigenvalue weighted by molar-refractivity contribution is 6.51. The fourth-order valence-corrected chi connectivity index (χ4v) is 4.33. The second kappa shape index (κ2) is 4.66. The van der Waals surface area contributed by atoms with Crippen LogP contribution in [-0.4, -0.2) is 22.6 Å². The van der Waals surface area contributed by atoms with E-state index in [1.807, 2.05) is 52.0 Å². The van der Waals surface area contributed by atoms with Crippen LogP contribution in [0.2, 0.25) is 0 Å². The molecule has 0 aliphatic heterocycles. The number of hydrogen-bond donors (Lipinski definition) is 2. The van der Waals surface area contributed by atoms with Gasteiger partial charge in [0.15, 0.2) is 5.78 Å². The fourth-order valence-electron chi connectivity index (χ4n) is 4.33. The number of carbonyl (C=O) groups is 2. The Morgan fingerprint density at radius 1 is 1.17 bits per heavy atom. The summed E-state index contributed by atoms with van der Waals surface area (Å²) in [4.78, 5) is 25.9. The number of carbonyl (C=O) groups excluding carboxylic acids is 2. The minimum Gasteiger partial charge on any atom is -0.411 e. The molecule has 1 aromatic carbocycles. The average molecular weight is 314 g/mol. The molecule has 122 valence electrons. The molecule has 2 unspecified atom stereocenters. The van der Waals surface area contributed by atoms with Crippen molar-refractivity contribution in [3.8, 4) is 0 Å². The molecule has 1 aromatic rings. The maximum Gasteiger partial charge on any atom is 0.239 e. The van der Waals surface area contributed by atoms with Gasteiger partial charge >= 0.3 is 0 Å². The molecular weight excluding hydrogens is 292 g/mol. The van der Waals surface area contributed by atoms with Crippen molar-refractivity contribution in [3.05, 3.63) is 29.8 Å². The minimum absolute atomic E-state index is 0.132. The van der Waals surface area contributed by atoms with Crippen molar-refractivity contribution < 1.29 is 14.8 Å². The van der Waals surface area contributed by atoms with E-state index in [4.69, 9.17) is 0 Å². The summed E-state index contributed by atoms with van der Waals surface area (Å²) in [6, 6.07) is 7.47. The number of aryl methyl sites for hydroxylation is 1.